The third-order valence-corrected chi connectivity index (χ3v) is 7.96. The first-order valence-corrected chi connectivity index (χ1v) is 15.3. The summed E-state index contributed by atoms with van der Waals surface area (Å²) in [7, 11) is 0. The van der Waals surface area contributed by atoms with E-state index in [4.69, 9.17) is 14.2 Å². The van der Waals surface area contributed by atoms with Crippen LogP contribution in [0.15, 0.2) is 72.8 Å². The Labute approximate surface area is 269 Å². The van der Waals surface area contributed by atoms with Gasteiger partial charge in [-0.15, -0.1) is 26.3 Å². The molecule has 1 heterocycles. The normalized spacial score (nSPS) is 15.4. The minimum atomic E-state index is -4.89. The molecular formula is C34H39F6NO6. The van der Waals surface area contributed by atoms with Gasteiger partial charge < -0.3 is 28.8 Å². The number of nitrogens with zero attached hydrogens (tertiary/aromatic N) is 1. The first-order valence-electron chi connectivity index (χ1n) is 15.3. The summed E-state index contributed by atoms with van der Waals surface area (Å²) >= 11 is 0. The van der Waals surface area contributed by atoms with Gasteiger partial charge >= 0.3 is 12.7 Å². The van der Waals surface area contributed by atoms with Crippen molar-refractivity contribution in [3.63, 3.8) is 0 Å². The SMILES string of the molecule is CCOC(C)(COc1ccc(CN2CCC(C(O)(c3ccc(OC(F)(F)F)cc3)c3ccc(OC(F)(F)F)cc3)CC2)cc1)OCC. The third kappa shape index (κ3) is 10.2. The van der Waals surface area contributed by atoms with E-state index in [2.05, 4.69) is 14.4 Å². The number of hydrogen-bond donors (Lipinski definition) is 1. The summed E-state index contributed by atoms with van der Waals surface area (Å²) in [6.07, 6.45) is -8.76. The maximum absolute atomic E-state index is 12.7. The van der Waals surface area contributed by atoms with E-state index in [1.807, 2.05) is 45.0 Å². The molecule has 47 heavy (non-hydrogen) atoms. The number of piperidine rings is 1. The van der Waals surface area contributed by atoms with Gasteiger partial charge in [0, 0.05) is 19.8 Å². The van der Waals surface area contributed by atoms with Crippen molar-refractivity contribution in [1.29, 1.82) is 0 Å². The molecule has 0 bridgehead atoms. The van der Waals surface area contributed by atoms with Crippen molar-refractivity contribution >= 4 is 0 Å². The van der Waals surface area contributed by atoms with Crippen LogP contribution in [0.4, 0.5) is 26.3 Å². The Morgan fingerprint density at radius 1 is 0.681 bits per heavy atom. The molecule has 1 saturated heterocycles. The van der Waals surface area contributed by atoms with Crippen LogP contribution in [0.5, 0.6) is 17.2 Å². The quantitative estimate of drug-likeness (QED) is 0.139. The molecule has 1 fully saturated rings. The second-order valence-electron chi connectivity index (χ2n) is 11.4. The fourth-order valence-corrected chi connectivity index (χ4v) is 5.87. The van der Waals surface area contributed by atoms with Crippen LogP contribution in [0, 0.1) is 5.92 Å². The molecule has 258 valence electrons. The fraction of sp³-hybridized carbons (Fsp3) is 0.471. The zero-order chi connectivity index (χ0) is 34.3. The van der Waals surface area contributed by atoms with Gasteiger partial charge in [0.05, 0.1) is 0 Å². The van der Waals surface area contributed by atoms with E-state index in [0.717, 1.165) is 29.8 Å². The van der Waals surface area contributed by atoms with Gasteiger partial charge in [-0.3, -0.25) is 4.90 Å². The molecule has 0 radical (unpaired) electrons. The number of halogens is 6. The van der Waals surface area contributed by atoms with Gasteiger partial charge in [-0.05, 0) is 106 Å². The second kappa shape index (κ2) is 15.1. The summed E-state index contributed by atoms with van der Waals surface area (Å²) in [5.74, 6) is -1.50. The van der Waals surface area contributed by atoms with Crippen LogP contribution in [0.25, 0.3) is 0 Å². The predicted molar refractivity (Wildman–Crippen MR) is 161 cm³/mol. The van der Waals surface area contributed by atoms with Crippen LogP contribution < -0.4 is 14.2 Å². The largest absolute Gasteiger partial charge is 0.573 e. The van der Waals surface area contributed by atoms with Gasteiger partial charge in [0.25, 0.3) is 0 Å². The highest BCUT2D eigenvalue weighted by Gasteiger charge is 2.42. The van der Waals surface area contributed by atoms with Crippen LogP contribution in [0.1, 0.15) is 50.3 Å². The van der Waals surface area contributed by atoms with Crippen molar-refractivity contribution in [3.8, 4) is 17.2 Å². The van der Waals surface area contributed by atoms with Gasteiger partial charge in [-0.2, -0.15) is 0 Å². The molecule has 0 unspecified atom stereocenters. The molecule has 0 aromatic heterocycles. The molecule has 1 N–H and O–H groups in total. The van der Waals surface area contributed by atoms with Crippen LogP contribution in [0.3, 0.4) is 0 Å². The number of alkyl halides is 6. The molecule has 3 aromatic rings. The van der Waals surface area contributed by atoms with E-state index >= 15 is 0 Å². The van der Waals surface area contributed by atoms with Crippen LogP contribution >= 0.6 is 0 Å². The first kappa shape index (κ1) is 36.3. The van der Waals surface area contributed by atoms with Crippen LogP contribution in [-0.2, 0) is 21.6 Å². The highest BCUT2D eigenvalue weighted by molar-refractivity contribution is 5.42. The predicted octanol–water partition coefficient (Wildman–Crippen LogP) is 7.80. The average molecular weight is 672 g/mol. The molecule has 0 amide bonds. The zero-order valence-electron chi connectivity index (χ0n) is 26.4. The van der Waals surface area contributed by atoms with Gasteiger partial charge in [0.2, 0.25) is 0 Å². The van der Waals surface area contributed by atoms with Gasteiger partial charge in [-0.1, -0.05) is 36.4 Å². The minimum Gasteiger partial charge on any atom is -0.488 e. The highest BCUT2D eigenvalue weighted by Crippen LogP contribution is 2.43. The molecule has 0 spiro atoms. The van der Waals surface area contributed by atoms with Crippen LogP contribution in [0.2, 0.25) is 0 Å². The van der Waals surface area contributed by atoms with Gasteiger partial charge in [0.1, 0.15) is 29.5 Å². The topological polar surface area (TPSA) is 69.6 Å². The number of benzene rings is 3. The van der Waals surface area contributed by atoms with Crippen molar-refractivity contribution in [3.05, 3.63) is 89.5 Å². The number of rotatable bonds is 14. The van der Waals surface area contributed by atoms with E-state index in [0.29, 0.717) is 51.4 Å². The lowest BCUT2D eigenvalue weighted by Gasteiger charge is -2.42. The molecule has 13 heteroatoms. The highest BCUT2D eigenvalue weighted by atomic mass is 19.4. The number of hydrogen-bond acceptors (Lipinski definition) is 7. The Hall–Kier alpha value is -3.52. The second-order valence-corrected chi connectivity index (χ2v) is 11.4. The summed E-state index contributed by atoms with van der Waals surface area (Å²) in [4.78, 5) is 2.22. The summed E-state index contributed by atoms with van der Waals surface area (Å²) in [6.45, 7) is 8.62. The van der Waals surface area contributed by atoms with Crippen molar-refractivity contribution in [2.24, 2.45) is 5.92 Å². The number of likely N-dealkylation sites (tertiary alicyclic amines) is 1. The average Bonchev–Trinajstić information content (AvgIpc) is 3.00. The maximum atomic E-state index is 12.7. The Bertz CT molecular complexity index is 1320. The first-order chi connectivity index (χ1) is 22.1. The monoisotopic (exact) mass is 671 g/mol. The Balaban J connectivity index is 1.45. The fourth-order valence-electron chi connectivity index (χ4n) is 5.87. The summed E-state index contributed by atoms with van der Waals surface area (Å²) in [5, 5.41) is 12.2. The molecule has 1 aliphatic rings. The number of aliphatic hydroxyl groups is 1. The maximum Gasteiger partial charge on any atom is 0.573 e. The van der Waals surface area contributed by atoms with Crippen LogP contribution in [-0.4, -0.2) is 61.4 Å². The smallest absolute Gasteiger partial charge is 0.488 e. The molecular weight excluding hydrogens is 632 g/mol. The van der Waals surface area contributed by atoms with E-state index in [1.54, 1.807) is 0 Å². The Kier molecular flexibility index (Phi) is 11.7. The van der Waals surface area contributed by atoms with Crippen molar-refractivity contribution in [2.75, 3.05) is 32.9 Å². The zero-order valence-corrected chi connectivity index (χ0v) is 26.4. The summed E-state index contributed by atoms with van der Waals surface area (Å²) < 4.78 is 102. The summed E-state index contributed by atoms with van der Waals surface area (Å²) in [6, 6.07) is 17.4. The molecule has 0 saturated carbocycles. The minimum absolute atomic E-state index is 0.223. The molecule has 0 atom stereocenters. The molecule has 7 nitrogen and oxygen atoms in total. The van der Waals surface area contributed by atoms with Gasteiger partial charge in [-0.25, -0.2) is 0 Å². The van der Waals surface area contributed by atoms with Crippen molar-refractivity contribution in [2.45, 2.75) is 64.3 Å². The van der Waals surface area contributed by atoms with Gasteiger partial charge in [0.15, 0.2) is 5.79 Å². The Morgan fingerprint density at radius 3 is 1.51 bits per heavy atom. The Morgan fingerprint density at radius 2 is 1.11 bits per heavy atom. The van der Waals surface area contributed by atoms with E-state index < -0.39 is 41.5 Å². The number of ether oxygens (including phenoxy) is 5. The molecule has 0 aliphatic carbocycles. The molecule has 3 aromatic carbocycles. The lowest BCUT2D eigenvalue weighted by molar-refractivity contribution is -0.275. The lowest BCUT2D eigenvalue weighted by Crippen LogP contribution is -2.44. The molecule has 4 rings (SSSR count). The molecule has 1 aliphatic heterocycles. The van der Waals surface area contributed by atoms with Crippen molar-refractivity contribution < 1.29 is 55.1 Å². The standard InChI is InChI=1S/C34H39F6NO6/c1-4-44-31(3,45-5-2)23-43-28-12-6-24(7-13-28)22-41-20-18-27(19-21-41)32(42,25-8-14-29(15-9-25)46-33(35,36)37)26-10-16-30(17-11-26)47-34(38,39)40/h6-17,27,42H,4-5,18-23H2,1-3H3. The van der Waals surface area contributed by atoms with E-state index in [-0.39, 0.29) is 17.7 Å². The third-order valence-electron chi connectivity index (χ3n) is 7.96. The van der Waals surface area contributed by atoms with E-state index in [9.17, 15) is 31.4 Å². The van der Waals surface area contributed by atoms with E-state index in [1.165, 1.54) is 24.3 Å². The lowest BCUT2D eigenvalue weighted by atomic mass is 9.72. The van der Waals surface area contributed by atoms with Crippen molar-refractivity contribution in [1.82, 2.24) is 4.90 Å². The summed E-state index contributed by atoms with van der Waals surface area (Å²) in [5.41, 5.74) is -0.0922.